The van der Waals surface area contributed by atoms with Crippen LogP contribution in [0.15, 0.2) is 0 Å². The molecular weight excluding hydrogens is 276 g/mol. The van der Waals surface area contributed by atoms with Gasteiger partial charge in [-0.3, -0.25) is 9.59 Å². The van der Waals surface area contributed by atoms with Crippen LogP contribution in [0.5, 0.6) is 0 Å². The maximum Gasteiger partial charge on any atom is 0.322 e. The van der Waals surface area contributed by atoms with E-state index in [0.29, 0.717) is 12.8 Å². The van der Waals surface area contributed by atoms with Crippen LogP contribution in [-0.2, 0) is 19.8 Å². The first-order valence-corrected chi connectivity index (χ1v) is 7.40. The molecule has 0 bridgehead atoms. The van der Waals surface area contributed by atoms with Gasteiger partial charge in [0, 0.05) is 13.1 Å². The number of rotatable bonds is 10. The number of nitrogens with one attached hydrogen (secondary N) is 1. The molecule has 3 N–H and O–H groups in total. The van der Waals surface area contributed by atoms with Gasteiger partial charge in [-0.1, -0.05) is 13.8 Å². The highest BCUT2D eigenvalue weighted by Gasteiger charge is 2.29. The van der Waals surface area contributed by atoms with Gasteiger partial charge in [0.05, 0.1) is 6.42 Å². The standard InChI is InChI=1S/C10H20N2O6S/c1-3-5-12(6-4-2)19(17,18)11-8(10(15)16)7-9(13)14/h8,11H,3-7H2,1-2H3,(H,13,14)(H,15,16)/t8-/m0/s1. The molecule has 19 heavy (non-hydrogen) atoms. The first-order chi connectivity index (χ1) is 8.74. The summed E-state index contributed by atoms with van der Waals surface area (Å²) in [6, 6.07) is -1.67. The number of carboxylic acid groups (broad SMARTS) is 2. The van der Waals surface area contributed by atoms with Gasteiger partial charge in [0.2, 0.25) is 0 Å². The van der Waals surface area contributed by atoms with Crippen LogP contribution in [0.1, 0.15) is 33.1 Å². The third-order valence-electron chi connectivity index (χ3n) is 2.25. The highest BCUT2D eigenvalue weighted by molar-refractivity contribution is 7.87. The molecule has 0 spiro atoms. The lowest BCUT2D eigenvalue weighted by Gasteiger charge is -2.23. The highest BCUT2D eigenvalue weighted by Crippen LogP contribution is 2.05. The summed E-state index contributed by atoms with van der Waals surface area (Å²) < 4.78 is 27.0. The normalized spacial score (nSPS) is 13.4. The molecular formula is C10H20N2O6S. The van der Waals surface area contributed by atoms with Crippen molar-refractivity contribution in [2.24, 2.45) is 0 Å². The number of aliphatic carboxylic acids is 2. The van der Waals surface area contributed by atoms with E-state index in [1.807, 2.05) is 4.72 Å². The topological polar surface area (TPSA) is 124 Å². The molecule has 0 saturated heterocycles. The molecule has 0 aromatic rings. The molecule has 0 rings (SSSR count). The van der Waals surface area contributed by atoms with Crippen molar-refractivity contribution >= 4 is 22.1 Å². The first kappa shape index (κ1) is 17.8. The van der Waals surface area contributed by atoms with Gasteiger partial charge in [-0.05, 0) is 12.8 Å². The Morgan fingerprint density at radius 2 is 1.63 bits per heavy atom. The molecule has 0 aliphatic heterocycles. The molecule has 9 heteroatoms. The Bertz CT molecular complexity index is 402. The van der Waals surface area contributed by atoms with Crippen LogP contribution in [0.25, 0.3) is 0 Å². The lowest BCUT2D eigenvalue weighted by molar-refractivity contribution is -0.145. The van der Waals surface area contributed by atoms with Crippen molar-refractivity contribution in [3.05, 3.63) is 0 Å². The van der Waals surface area contributed by atoms with Gasteiger partial charge in [0.1, 0.15) is 6.04 Å². The zero-order valence-corrected chi connectivity index (χ0v) is 11.8. The first-order valence-electron chi connectivity index (χ1n) is 5.96. The van der Waals surface area contributed by atoms with Crippen molar-refractivity contribution in [2.75, 3.05) is 13.1 Å². The van der Waals surface area contributed by atoms with Crippen molar-refractivity contribution in [2.45, 2.75) is 39.2 Å². The second kappa shape index (κ2) is 8.08. The minimum atomic E-state index is -4.00. The summed E-state index contributed by atoms with van der Waals surface area (Å²) >= 11 is 0. The quantitative estimate of drug-likeness (QED) is 0.516. The van der Waals surface area contributed by atoms with Gasteiger partial charge in [-0.15, -0.1) is 0 Å². The fourth-order valence-electron chi connectivity index (χ4n) is 1.46. The number of carboxylic acids is 2. The third-order valence-corrected chi connectivity index (χ3v) is 3.88. The van der Waals surface area contributed by atoms with E-state index in [9.17, 15) is 18.0 Å². The molecule has 1 atom stereocenters. The van der Waals surface area contributed by atoms with E-state index >= 15 is 0 Å². The SMILES string of the molecule is CCCN(CCC)S(=O)(=O)N[C@@H](CC(=O)O)C(=O)O. The number of carbonyl (C=O) groups is 2. The molecule has 0 aliphatic carbocycles. The van der Waals surface area contributed by atoms with Crippen molar-refractivity contribution in [1.82, 2.24) is 9.03 Å². The minimum absolute atomic E-state index is 0.253. The molecule has 0 unspecified atom stereocenters. The summed E-state index contributed by atoms with van der Waals surface area (Å²) in [6.45, 7) is 4.10. The molecule has 0 saturated carbocycles. The average Bonchev–Trinajstić information content (AvgIpc) is 2.26. The van der Waals surface area contributed by atoms with E-state index in [2.05, 4.69) is 0 Å². The Morgan fingerprint density at radius 1 is 1.16 bits per heavy atom. The maximum absolute atomic E-state index is 12.0. The van der Waals surface area contributed by atoms with Crippen LogP contribution in [0.4, 0.5) is 0 Å². The van der Waals surface area contributed by atoms with Crippen LogP contribution in [0.3, 0.4) is 0 Å². The number of hydrogen-bond acceptors (Lipinski definition) is 4. The summed E-state index contributed by atoms with van der Waals surface area (Å²) in [5.41, 5.74) is 0. The Hall–Kier alpha value is -1.19. The summed E-state index contributed by atoms with van der Waals surface area (Å²) in [6.07, 6.45) is 0.357. The van der Waals surface area contributed by atoms with Crippen molar-refractivity contribution in [3.63, 3.8) is 0 Å². The summed E-state index contributed by atoms with van der Waals surface area (Å²) in [7, 11) is -4.00. The van der Waals surface area contributed by atoms with Crippen molar-refractivity contribution in [1.29, 1.82) is 0 Å². The Balaban J connectivity index is 4.95. The monoisotopic (exact) mass is 296 g/mol. The molecule has 112 valence electrons. The Labute approximate surface area is 112 Å². The molecule has 0 radical (unpaired) electrons. The van der Waals surface area contributed by atoms with Gasteiger partial charge in [-0.25, -0.2) is 0 Å². The van der Waals surface area contributed by atoms with Gasteiger partial charge in [0.25, 0.3) is 10.2 Å². The predicted octanol–water partition coefficient (Wildman–Crippen LogP) is -0.129. The zero-order valence-electron chi connectivity index (χ0n) is 11.0. The summed E-state index contributed by atoms with van der Waals surface area (Å²) in [5.74, 6) is -2.90. The van der Waals surface area contributed by atoms with Crippen molar-refractivity contribution < 1.29 is 28.2 Å². The largest absolute Gasteiger partial charge is 0.481 e. The van der Waals surface area contributed by atoms with E-state index in [0.717, 1.165) is 4.31 Å². The summed E-state index contributed by atoms with van der Waals surface area (Å²) in [4.78, 5) is 21.4. The molecule has 0 heterocycles. The van der Waals surface area contributed by atoms with E-state index < -0.39 is 34.6 Å². The molecule has 0 aliphatic rings. The van der Waals surface area contributed by atoms with E-state index in [4.69, 9.17) is 10.2 Å². The van der Waals surface area contributed by atoms with Gasteiger partial charge >= 0.3 is 11.9 Å². The van der Waals surface area contributed by atoms with E-state index in [1.54, 1.807) is 13.8 Å². The smallest absolute Gasteiger partial charge is 0.322 e. The molecule has 0 fully saturated rings. The second-order valence-electron chi connectivity index (χ2n) is 4.01. The molecule has 0 aromatic carbocycles. The lowest BCUT2D eigenvalue weighted by atomic mass is 10.2. The maximum atomic E-state index is 12.0. The Morgan fingerprint density at radius 3 is 1.95 bits per heavy atom. The number of nitrogens with zero attached hydrogens (tertiary/aromatic N) is 1. The van der Waals surface area contributed by atoms with Crippen LogP contribution >= 0.6 is 0 Å². The van der Waals surface area contributed by atoms with Crippen LogP contribution in [-0.4, -0.2) is 54.0 Å². The van der Waals surface area contributed by atoms with Crippen molar-refractivity contribution in [3.8, 4) is 0 Å². The average molecular weight is 296 g/mol. The molecule has 0 amide bonds. The lowest BCUT2D eigenvalue weighted by Crippen LogP contribution is -2.49. The van der Waals surface area contributed by atoms with Gasteiger partial charge < -0.3 is 10.2 Å². The number of hydrogen-bond donors (Lipinski definition) is 3. The Kier molecular flexibility index (Phi) is 7.57. The molecule has 8 nitrogen and oxygen atoms in total. The van der Waals surface area contributed by atoms with Gasteiger partial charge in [-0.2, -0.15) is 17.4 Å². The minimum Gasteiger partial charge on any atom is -0.481 e. The molecule has 0 aromatic heterocycles. The van der Waals surface area contributed by atoms with Crippen LogP contribution in [0.2, 0.25) is 0 Å². The fraction of sp³-hybridized carbons (Fsp3) is 0.800. The highest BCUT2D eigenvalue weighted by atomic mass is 32.2. The zero-order chi connectivity index (χ0) is 15.1. The van der Waals surface area contributed by atoms with E-state index in [1.165, 1.54) is 0 Å². The van der Waals surface area contributed by atoms with E-state index in [-0.39, 0.29) is 13.1 Å². The second-order valence-corrected chi connectivity index (χ2v) is 5.71. The van der Waals surface area contributed by atoms with Gasteiger partial charge in [0.15, 0.2) is 0 Å². The summed E-state index contributed by atoms with van der Waals surface area (Å²) in [5, 5.41) is 17.4. The third kappa shape index (κ3) is 6.50. The predicted molar refractivity (Wildman–Crippen MR) is 67.9 cm³/mol. The fourth-order valence-corrected chi connectivity index (χ4v) is 3.00. The van der Waals surface area contributed by atoms with Crippen LogP contribution in [0, 0.1) is 0 Å². The van der Waals surface area contributed by atoms with Crippen LogP contribution < -0.4 is 4.72 Å².